The minimum absolute atomic E-state index is 0.0694. The third kappa shape index (κ3) is 5.95. The minimum atomic E-state index is -3.58. The van der Waals surface area contributed by atoms with Gasteiger partial charge in [-0.25, -0.2) is 13.1 Å². The molecule has 1 N–H and O–H groups in total. The number of hydrogen-bond acceptors (Lipinski definition) is 4. The topological polar surface area (TPSA) is 72.5 Å². The van der Waals surface area contributed by atoms with E-state index in [1.807, 2.05) is 6.92 Å². The van der Waals surface area contributed by atoms with Crippen LogP contribution in [0.15, 0.2) is 29.2 Å². The lowest BCUT2D eigenvalue weighted by Crippen LogP contribution is -2.25. The van der Waals surface area contributed by atoms with Gasteiger partial charge in [-0.05, 0) is 25.0 Å². The number of rotatable bonds is 10. The molecule has 0 unspecified atom stereocenters. The highest BCUT2D eigenvalue weighted by Crippen LogP contribution is 2.13. The van der Waals surface area contributed by atoms with Crippen LogP contribution in [0.25, 0.3) is 0 Å². The zero-order chi connectivity index (χ0) is 15.7. The fraction of sp³-hybridized carbons (Fsp3) is 0.533. The summed E-state index contributed by atoms with van der Waals surface area (Å²) in [5, 5.41) is 0. The highest BCUT2D eigenvalue weighted by molar-refractivity contribution is 7.89. The molecule has 0 spiro atoms. The van der Waals surface area contributed by atoms with E-state index in [0.29, 0.717) is 38.2 Å². The summed E-state index contributed by atoms with van der Waals surface area (Å²) in [6.07, 6.45) is 1.92. The van der Waals surface area contributed by atoms with Gasteiger partial charge in [0.15, 0.2) is 5.78 Å². The SMILES string of the molecule is CCCOCCCNS(=O)(=O)c1cccc(C(=O)CC)c1. The molecular formula is C15H23NO4S. The molecule has 0 aliphatic rings. The Morgan fingerprint density at radius 2 is 2.00 bits per heavy atom. The van der Waals surface area contributed by atoms with E-state index in [4.69, 9.17) is 4.74 Å². The molecule has 0 aliphatic heterocycles. The van der Waals surface area contributed by atoms with E-state index in [2.05, 4.69) is 4.72 Å². The van der Waals surface area contributed by atoms with E-state index in [1.165, 1.54) is 12.1 Å². The van der Waals surface area contributed by atoms with Crippen LogP contribution in [-0.2, 0) is 14.8 Å². The largest absolute Gasteiger partial charge is 0.381 e. The lowest BCUT2D eigenvalue weighted by Gasteiger charge is -2.08. The number of nitrogens with one attached hydrogen (secondary N) is 1. The van der Waals surface area contributed by atoms with Crippen LogP contribution in [0.5, 0.6) is 0 Å². The van der Waals surface area contributed by atoms with Crippen molar-refractivity contribution in [2.45, 2.75) is 38.0 Å². The molecule has 0 fully saturated rings. The Bertz CT molecular complexity index is 555. The first kappa shape index (κ1) is 17.8. The van der Waals surface area contributed by atoms with Crippen molar-refractivity contribution in [1.82, 2.24) is 4.72 Å². The normalized spacial score (nSPS) is 11.5. The molecule has 0 atom stereocenters. The Morgan fingerprint density at radius 1 is 1.24 bits per heavy atom. The Hall–Kier alpha value is -1.24. The van der Waals surface area contributed by atoms with Gasteiger partial charge < -0.3 is 4.74 Å². The summed E-state index contributed by atoms with van der Waals surface area (Å²) in [4.78, 5) is 11.7. The number of carbonyl (C=O) groups excluding carboxylic acids is 1. The van der Waals surface area contributed by atoms with E-state index in [0.717, 1.165) is 6.42 Å². The van der Waals surface area contributed by atoms with E-state index in [9.17, 15) is 13.2 Å². The van der Waals surface area contributed by atoms with Gasteiger partial charge in [0.25, 0.3) is 0 Å². The smallest absolute Gasteiger partial charge is 0.240 e. The molecule has 118 valence electrons. The van der Waals surface area contributed by atoms with Crippen molar-refractivity contribution in [1.29, 1.82) is 0 Å². The number of Topliss-reactive ketones (excluding diaryl/α,β-unsaturated/α-hetero) is 1. The van der Waals surface area contributed by atoms with Crippen LogP contribution in [0.1, 0.15) is 43.5 Å². The number of ether oxygens (including phenoxy) is 1. The average Bonchev–Trinajstić information content (AvgIpc) is 2.50. The molecule has 1 aromatic carbocycles. The van der Waals surface area contributed by atoms with E-state index in [-0.39, 0.29) is 10.7 Å². The van der Waals surface area contributed by atoms with Crippen molar-refractivity contribution >= 4 is 15.8 Å². The second-order valence-corrected chi connectivity index (χ2v) is 6.44. The van der Waals surface area contributed by atoms with Gasteiger partial charge in [-0.2, -0.15) is 0 Å². The maximum Gasteiger partial charge on any atom is 0.240 e. The van der Waals surface area contributed by atoms with Crippen LogP contribution in [0.4, 0.5) is 0 Å². The molecule has 6 heteroatoms. The zero-order valence-corrected chi connectivity index (χ0v) is 13.4. The van der Waals surface area contributed by atoms with Crippen LogP contribution in [0, 0.1) is 0 Å². The predicted octanol–water partition coefficient (Wildman–Crippen LogP) is 2.37. The number of hydrogen-bond donors (Lipinski definition) is 1. The van der Waals surface area contributed by atoms with Gasteiger partial charge in [-0.1, -0.05) is 26.0 Å². The second kappa shape index (κ2) is 8.92. The van der Waals surface area contributed by atoms with Crippen LogP contribution >= 0.6 is 0 Å². The van der Waals surface area contributed by atoms with Gasteiger partial charge in [-0.3, -0.25) is 4.79 Å². The first-order chi connectivity index (χ1) is 10.0. The molecule has 0 saturated carbocycles. The molecule has 0 heterocycles. The summed E-state index contributed by atoms with van der Waals surface area (Å²) in [7, 11) is -3.58. The number of benzene rings is 1. The zero-order valence-electron chi connectivity index (χ0n) is 12.6. The Balaban J connectivity index is 2.60. The molecule has 0 bridgehead atoms. The summed E-state index contributed by atoms with van der Waals surface area (Å²) in [5.74, 6) is -0.0694. The van der Waals surface area contributed by atoms with Crippen molar-refractivity contribution in [2.75, 3.05) is 19.8 Å². The lowest BCUT2D eigenvalue weighted by atomic mass is 10.1. The predicted molar refractivity (Wildman–Crippen MR) is 82.0 cm³/mol. The quantitative estimate of drug-likeness (QED) is 0.532. The number of sulfonamides is 1. The molecule has 5 nitrogen and oxygen atoms in total. The van der Waals surface area contributed by atoms with Gasteiger partial charge in [0.1, 0.15) is 0 Å². The van der Waals surface area contributed by atoms with Gasteiger partial charge in [0, 0.05) is 31.7 Å². The summed E-state index contributed by atoms with van der Waals surface area (Å²) >= 11 is 0. The van der Waals surface area contributed by atoms with Crippen molar-refractivity contribution < 1.29 is 17.9 Å². The maximum absolute atomic E-state index is 12.1. The summed E-state index contributed by atoms with van der Waals surface area (Å²) in [5.41, 5.74) is 0.423. The summed E-state index contributed by atoms with van der Waals surface area (Å²) in [6, 6.07) is 6.12. The molecule has 1 aromatic rings. The Morgan fingerprint density at radius 3 is 2.67 bits per heavy atom. The summed E-state index contributed by atoms with van der Waals surface area (Å²) < 4.78 is 32.0. The molecule has 1 rings (SSSR count). The third-order valence-electron chi connectivity index (χ3n) is 2.89. The van der Waals surface area contributed by atoms with Crippen molar-refractivity contribution in [2.24, 2.45) is 0 Å². The fourth-order valence-electron chi connectivity index (χ4n) is 1.75. The van der Waals surface area contributed by atoms with Gasteiger partial charge in [0.05, 0.1) is 4.90 Å². The molecule has 0 saturated heterocycles. The van der Waals surface area contributed by atoms with E-state index in [1.54, 1.807) is 19.1 Å². The number of carbonyl (C=O) groups is 1. The van der Waals surface area contributed by atoms with Crippen molar-refractivity contribution in [3.05, 3.63) is 29.8 Å². The number of ketones is 1. The highest BCUT2D eigenvalue weighted by Gasteiger charge is 2.15. The average molecular weight is 313 g/mol. The summed E-state index contributed by atoms with van der Waals surface area (Å²) in [6.45, 7) is 5.31. The maximum atomic E-state index is 12.1. The molecule has 21 heavy (non-hydrogen) atoms. The van der Waals surface area contributed by atoms with Crippen LogP contribution in [-0.4, -0.2) is 34.0 Å². The van der Waals surface area contributed by atoms with Gasteiger partial charge in [0.2, 0.25) is 10.0 Å². The fourth-order valence-corrected chi connectivity index (χ4v) is 2.87. The monoisotopic (exact) mass is 313 g/mol. The lowest BCUT2D eigenvalue weighted by molar-refractivity contribution is 0.0988. The molecule has 0 aromatic heterocycles. The Kier molecular flexibility index (Phi) is 7.56. The third-order valence-corrected chi connectivity index (χ3v) is 4.35. The molecule has 0 aliphatic carbocycles. The van der Waals surface area contributed by atoms with E-state index < -0.39 is 10.0 Å². The Labute approximate surface area is 126 Å². The van der Waals surface area contributed by atoms with Crippen molar-refractivity contribution in [3.63, 3.8) is 0 Å². The first-order valence-electron chi connectivity index (χ1n) is 7.22. The van der Waals surface area contributed by atoms with Gasteiger partial charge >= 0.3 is 0 Å². The van der Waals surface area contributed by atoms with Gasteiger partial charge in [-0.15, -0.1) is 0 Å². The van der Waals surface area contributed by atoms with Crippen LogP contribution < -0.4 is 4.72 Å². The minimum Gasteiger partial charge on any atom is -0.381 e. The first-order valence-corrected chi connectivity index (χ1v) is 8.70. The van der Waals surface area contributed by atoms with Crippen LogP contribution in [0.2, 0.25) is 0 Å². The highest BCUT2D eigenvalue weighted by atomic mass is 32.2. The molecule has 0 amide bonds. The second-order valence-electron chi connectivity index (χ2n) is 4.67. The van der Waals surface area contributed by atoms with Crippen LogP contribution in [0.3, 0.4) is 0 Å². The van der Waals surface area contributed by atoms with E-state index >= 15 is 0 Å². The molecular weight excluding hydrogens is 290 g/mol. The molecule has 0 radical (unpaired) electrons. The van der Waals surface area contributed by atoms with Crippen molar-refractivity contribution in [3.8, 4) is 0 Å². The standard InChI is InChI=1S/C15H23NO4S/c1-3-10-20-11-6-9-16-21(18,19)14-8-5-7-13(12-14)15(17)4-2/h5,7-8,12,16H,3-4,6,9-11H2,1-2H3.